The van der Waals surface area contributed by atoms with Crippen LogP contribution in [0.25, 0.3) is 55.1 Å². The van der Waals surface area contributed by atoms with E-state index in [9.17, 15) is 9.59 Å². The van der Waals surface area contributed by atoms with Crippen molar-refractivity contribution in [3.05, 3.63) is 231 Å². The fourth-order valence-electron chi connectivity index (χ4n) is 9.13. The van der Waals surface area contributed by atoms with Crippen LogP contribution in [0, 0.1) is 13.8 Å². The Labute approximate surface area is 429 Å². The molecule has 0 fully saturated rings. The summed E-state index contributed by atoms with van der Waals surface area (Å²) in [5.74, 6) is 3.32. The number of ether oxygens (including phenoxy) is 2. The Morgan fingerprint density at radius 2 is 0.877 bits per heavy atom. The third-order valence-corrected chi connectivity index (χ3v) is 12.8. The number of hydrogen-bond donors (Lipinski definition) is 1. The number of nitrogens with one attached hydrogen (secondary N) is 1. The highest BCUT2D eigenvalue weighted by Gasteiger charge is 2.27. The summed E-state index contributed by atoms with van der Waals surface area (Å²) in [6.45, 7) is 3.66. The van der Waals surface area contributed by atoms with Gasteiger partial charge in [-0.15, -0.1) is 0 Å². The Hall–Kier alpha value is -9.20. The number of aryl methyl sites for hydroxylation is 2. The number of hydrogen-bond acceptors (Lipinski definition) is 10. The highest BCUT2D eigenvalue weighted by Crippen LogP contribution is 2.50. The smallest absolute Gasteiger partial charge is 0.347 e. The molecule has 0 saturated carbocycles. The molecular weight excluding hydrogens is 981 g/mol. The van der Waals surface area contributed by atoms with Crippen molar-refractivity contribution in [1.29, 1.82) is 0 Å². The van der Waals surface area contributed by atoms with Gasteiger partial charge in [0, 0.05) is 22.4 Å². The third kappa shape index (κ3) is 8.55. The van der Waals surface area contributed by atoms with E-state index in [0.717, 1.165) is 89.1 Å². The molecule has 0 aliphatic carbocycles. The van der Waals surface area contributed by atoms with Crippen LogP contribution >= 0.6 is 15.9 Å². The van der Waals surface area contributed by atoms with E-state index in [-0.39, 0.29) is 27.5 Å². The lowest BCUT2D eigenvalue weighted by atomic mass is 10.1. The summed E-state index contributed by atoms with van der Waals surface area (Å²) in [6.07, 6.45) is 0. The second kappa shape index (κ2) is 19.5. The summed E-state index contributed by atoms with van der Waals surface area (Å²) in [4.78, 5) is 27.4. The number of benzene rings is 8. The number of halogens is 1. The average molecular weight is 1030 g/mol. The molecule has 12 aromatic rings. The van der Waals surface area contributed by atoms with Gasteiger partial charge in [0.25, 0.3) is 0 Å². The van der Waals surface area contributed by atoms with Crippen LogP contribution in [0.1, 0.15) is 27.7 Å². The lowest BCUT2D eigenvalue weighted by Gasteiger charge is -2.32. The van der Waals surface area contributed by atoms with Gasteiger partial charge in [-0.2, -0.15) is 10.2 Å². The Balaban J connectivity index is 0.000000147. The first-order valence-corrected chi connectivity index (χ1v) is 23.5. The Bertz CT molecular complexity index is 4020. The minimum atomic E-state index is -0.387. The molecule has 0 unspecified atom stereocenters. The van der Waals surface area contributed by atoms with Crippen molar-refractivity contribution >= 4 is 88.1 Å². The molecule has 4 aromatic heterocycles. The van der Waals surface area contributed by atoms with Crippen molar-refractivity contribution in [1.82, 2.24) is 19.6 Å². The summed E-state index contributed by atoms with van der Waals surface area (Å²) in [5, 5.41) is 15.2. The van der Waals surface area contributed by atoms with Crippen molar-refractivity contribution < 1.29 is 19.7 Å². The molecule has 8 aromatic carbocycles. The van der Waals surface area contributed by atoms with Gasteiger partial charge in [-0.05, 0) is 123 Å². The minimum absolute atomic E-state index is 0. The quantitative estimate of drug-likeness (QED) is 0.171. The van der Waals surface area contributed by atoms with E-state index >= 15 is 0 Å². The number of fused-ring (bicyclic) bond motifs is 10. The van der Waals surface area contributed by atoms with E-state index in [1.54, 1.807) is 10.7 Å². The van der Waals surface area contributed by atoms with Crippen molar-refractivity contribution in [2.75, 3.05) is 10.2 Å². The van der Waals surface area contributed by atoms with Crippen LogP contribution in [-0.4, -0.2) is 19.6 Å². The Morgan fingerprint density at radius 1 is 0.466 bits per heavy atom. The maximum atomic E-state index is 12.9. The molecule has 0 spiro atoms. The molecule has 0 radical (unpaired) electrons. The van der Waals surface area contributed by atoms with Gasteiger partial charge in [-0.1, -0.05) is 116 Å². The molecule has 73 heavy (non-hydrogen) atoms. The number of para-hydroxylation sites is 10. The lowest BCUT2D eigenvalue weighted by molar-refractivity contribution is 0.477. The summed E-state index contributed by atoms with van der Waals surface area (Å²) < 4.78 is 27.6. The van der Waals surface area contributed by atoms with Crippen LogP contribution in [0.5, 0.6) is 23.0 Å². The van der Waals surface area contributed by atoms with Crippen LogP contribution in [0.15, 0.2) is 217 Å². The molecule has 0 atom stereocenters. The van der Waals surface area contributed by atoms with E-state index in [1.807, 2.05) is 201 Å². The molecule has 0 amide bonds. The largest absolute Gasteiger partial charge is 0.453 e. The predicted octanol–water partition coefficient (Wildman–Crippen LogP) is 16.3. The SMILES string of the molecule is C.C.Cc1nn(-c2ccccc2)c2c1c(=O)oc1ccc(Br)cc12.Cc1nn(-c2ccccc2)c2c1c(=O)oc1ccc(N3c4ccccc4Oc4ccccc43)cc12.[HH].c1ccc2c(c1)Nc1ccccc1O2. The summed E-state index contributed by atoms with van der Waals surface area (Å²) >= 11 is 3.47. The summed E-state index contributed by atoms with van der Waals surface area (Å²) in [7, 11) is 0. The van der Waals surface area contributed by atoms with Crippen LogP contribution in [-0.2, 0) is 0 Å². The molecule has 362 valence electrons. The van der Waals surface area contributed by atoms with E-state index in [2.05, 4.69) is 37.3 Å². The summed E-state index contributed by atoms with van der Waals surface area (Å²) in [5.41, 5.74) is 9.75. The molecule has 1 N–H and O–H groups in total. The van der Waals surface area contributed by atoms with Gasteiger partial charge in [-0.3, -0.25) is 0 Å². The van der Waals surface area contributed by atoms with Crippen molar-refractivity contribution in [3.8, 4) is 34.4 Å². The predicted molar refractivity (Wildman–Crippen MR) is 298 cm³/mol. The standard InChI is InChI=1S/C29H19N3O3.C17H11BrN2O2.C12H9NO.2CH4.H2/c1-18-27-28(32(30-18)19-9-3-2-4-10-19)21-17-20(15-16-24(21)35-29(27)33)31-22-11-5-7-13-25(22)34-26-14-8-6-12-23(26)31;1-10-15-16(20(19-10)12-5-3-2-4-6-12)13-9-11(18)7-8-14(13)22-17(15)21;1-3-7-11-9(5-1)13-10-6-2-4-8-12(10)14-11;;;/h2-17H,1H3;2-9H,1H3;1-8,13H;2*1H4;1H. The maximum Gasteiger partial charge on any atom is 0.347 e. The highest BCUT2D eigenvalue weighted by molar-refractivity contribution is 9.10. The van der Waals surface area contributed by atoms with Gasteiger partial charge in [0.15, 0.2) is 23.0 Å². The molecule has 0 bridgehead atoms. The molecular formula is C60H49BrN6O6. The number of aromatic nitrogens is 4. The van der Waals surface area contributed by atoms with Crippen molar-refractivity contribution in [3.63, 3.8) is 0 Å². The van der Waals surface area contributed by atoms with Gasteiger partial charge in [-0.25, -0.2) is 19.0 Å². The van der Waals surface area contributed by atoms with E-state index < -0.39 is 0 Å². The van der Waals surface area contributed by atoms with Crippen LogP contribution in [0.4, 0.5) is 28.4 Å². The van der Waals surface area contributed by atoms with Crippen molar-refractivity contribution in [2.24, 2.45) is 0 Å². The van der Waals surface area contributed by atoms with Gasteiger partial charge in [0.2, 0.25) is 0 Å². The molecule has 12 nitrogen and oxygen atoms in total. The molecule has 2 aliphatic rings. The second-order valence-corrected chi connectivity index (χ2v) is 17.7. The van der Waals surface area contributed by atoms with Crippen LogP contribution in [0.3, 0.4) is 0 Å². The monoisotopic (exact) mass is 1030 g/mol. The fraction of sp³-hybridized carbons (Fsp3) is 0.0667. The zero-order valence-corrected chi connectivity index (χ0v) is 39.6. The average Bonchev–Trinajstić information content (AvgIpc) is 3.96. The van der Waals surface area contributed by atoms with Crippen molar-refractivity contribution in [2.45, 2.75) is 28.7 Å². The van der Waals surface area contributed by atoms with Gasteiger partial charge >= 0.3 is 11.3 Å². The first kappa shape index (κ1) is 47.5. The first-order chi connectivity index (χ1) is 34.8. The van der Waals surface area contributed by atoms with Crippen LogP contribution < -0.4 is 30.9 Å². The van der Waals surface area contributed by atoms with Gasteiger partial charge in [0.1, 0.15) is 21.9 Å². The summed E-state index contributed by atoms with van der Waals surface area (Å²) in [6, 6.07) is 62.8. The normalized spacial score (nSPS) is 11.7. The molecule has 0 saturated heterocycles. The zero-order valence-electron chi connectivity index (χ0n) is 38.0. The van der Waals surface area contributed by atoms with E-state index in [0.29, 0.717) is 33.3 Å². The Morgan fingerprint density at radius 3 is 1.38 bits per heavy atom. The zero-order chi connectivity index (χ0) is 48.2. The number of nitrogens with zero attached hydrogens (tertiary/aromatic N) is 5. The van der Waals surface area contributed by atoms with E-state index in [4.69, 9.17) is 23.4 Å². The molecule has 2 aliphatic heterocycles. The van der Waals surface area contributed by atoms with Gasteiger partial charge < -0.3 is 28.5 Å². The highest BCUT2D eigenvalue weighted by atomic mass is 79.9. The first-order valence-electron chi connectivity index (χ1n) is 22.7. The topological polar surface area (TPSA) is 130 Å². The van der Waals surface area contributed by atoms with E-state index in [1.165, 1.54) is 0 Å². The Kier molecular flexibility index (Phi) is 12.7. The fourth-order valence-corrected chi connectivity index (χ4v) is 9.49. The van der Waals surface area contributed by atoms with Crippen LogP contribution in [0.2, 0.25) is 0 Å². The number of rotatable bonds is 3. The maximum absolute atomic E-state index is 12.9. The number of anilines is 5. The van der Waals surface area contributed by atoms with Gasteiger partial charge in [0.05, 0.1) is 56.5 Å². The lowest BCUT2D eigenvalue weighted by Crippen LogP contribution is -2.15. The second-order valence-electron chi connectivity index (χ2n) is 16.8. The molecule has 14 rings (SSSR count). The third-order valence-electron chi connectivity index (χ3n) is 12.3. The molecule has 6 heterocycles. The minimum Gasteiger partial charge on any atom is -0.453 e. The molecule has 13 heteroatoms.